The van der Waals surface area contributed by atoms with Gasteiger partial charge in [0.25, 0.3) is 0 Å². The minimum Gasteiger partial charge on any atom is -0.497 e. The first kappa shape index (κ1) is 14.3. The van der Waals surface area contributed by atoms with E-state index < -0.39 is 0 Å². The van der Waals surface area contributed by atoms with Crippen molar-refractivity contribution in [1.82, 2.24) is 0 Å². The highest BCUT2D eigenvalue weighted by molar-refractivity contribution is 9.10. The zero-order chi connectivity index (χ0) is 14.8. The number of halogens is 1. The quantitative estimate of drug-likeness (QED) is 0.733. The highest BCUT2D eigenvalue weighted by Gasteiger charge is 2.25. The lowest BCUT2D eigenvalue weighted by Gasteiger charge is -2.27. The Balaban J connectivity index is 2.02. The molecule has 0 amide bonds. The van der Waals surface area contributed by atoms with Crippen molar-refractivity contribution in [3.63, 3.8) is 0 Å². The number of hydrogen-bond acceptors (Lipinski definition) is 2. The molecule has 0 unspecified atom stereocenters. The molecule has 0 heterocycles. The smallest absolute Gasteiger partial charge is 0.194 e. The number of benzene rings is 2. The highest BCUT2D eigenvalue weighted by Crippen LogP contribution is 2.39. The van der Waals surface area contributed by atoms with Crippen LogP contribution in [0.25, 0.3) is 0 Å². The van der Waals surface area contributed by atoms with Crippen molar-refractivity contribution in [2.45, 2.75) is 25.2 Å². The normalized spacial score (nSPS) is 14.6. The highest BCUT2D eigenvalue weighted by atomic mass is 79.9. The van der Waals surface area contributed by atoms with E-state index in [0.717, 1.165) is 10.0 Å². The third kappa shape index (κ3) is 2.75. The SMILES string of the molecule is COc1ccc(Br)c(C(=O)c2ccccc2C2CCC2)c1. The summed E-state index contributed by atoms with van der Waals surface area (Å²) in [5.41, 5.74) is 2.65. The first-order valence-corrected chi connectivity index (χ1v) is 7.97. The molecule has 0 atom stereocenters. The molecular formula is C18H17BrO2. The first-order valence-electron chi connectivity index (χ1n) is 7.18. The standard InChI is InChI=1S/C18H17BrO2/c1-21-13-9-10-17(19)16(11-13)18(20)15-8-3-2-7-14(15)12-5-4-6-12/h2-3,7-12H,4-6H2,1H3. The van der Waals surface area contributed by atoms with Crippen LogP contribution in [0.2, 0.25) is 0 Å². The Hall–Kier alpha value is -1.61. The number of ether oxygens (including phenoxy) is 1. The molecule has 2 nitrogen and oxygen atoms in total. The van der Waals surface area contributed by atoms with Gasteiger partial charge in [0.15, 0.2) is 5.78 Å². The largest absolute Gasteiger partial charge is 0.497 e. The van der Waals surface area contributed by atoms with Crippen molar-refractivity contribution >= 4 is 21.7 Å². The maximum absolute atomic E-state index is 12.9. The van der Waals surface area contributed by atoms with Gasteiger partial charge in [-0.1, -0.05) is 46.6 Å². The van der Waals surface area contributed by atoms with Crippen LogP contribution in [0, 0.1) is 0 Å². The molecule has 0 spiro atoms. The molecule has 2 aromatic rings. The number of methoxy groups -OCH3 is 1. The van der Waals surface area contributed by atoms with Crippen molar-refractivity contribution in [2.75, 3.05) is 7.11 Å². The summed E-state index contributed by atoms with van der Waals surface area (Å²) in [6.07, 6.45) is 3.63. The van der Waals surface area contributed by atoms with Crippen LogP contribution in [0.3, 0.4) is 0 Å². The maximum atomic E-state index is 12.9. The summed E-state index contributed by atoms with van der Waals surface area (Å²) in [6.45, 7) is 0. The average molecular weight is 345 g/mol. The maximum Gasteiger partial charge on any atom is 0.194 e. The van der Waals surface area contributed by atoms with Gasteiger partial charge in [-0.3, -0.25) is 4.79 Å². The number of ketones is 1. The predicted octanol–water partition coefficient (Wildman–Crippen LogP) is 4.96. The van der Waals surface area contributed by atoms with E-state index in [1.165, 1.54) is 24.8 Å². The summed E-state index contributed by atoms with van der Waals surface area (Å²) in [4.78, 5) is 12.9. The van der Waals surface area contributed by atoms with Gasteiger partial charge in [0.2, 0.25) is 0 Å². The molecule has 1 aliphatic carbocycles. The molecule has 1 aliphatic rings. The topological polar surface area (TPSA) is 26.3 Å². The van der Waals surface area contributed by atoms with Crippen LogP contribution in [-0.4, -0.2) is 12.9 Å². The molecule has 108 valence electrons. The molecule has 0 aromatic heterocycles. The summed E-state index contributed by atoms with van der Waals surface area (Å²) in [6, 6.07) is 13.5. The van der Waals surface area contributed by atoms with E-state index in [0.29, 0.717) is 17.2 Å². The van der Waals surface area contributed by atoms with Gasteiger partial charge in [0.05, 0.1) is 7.11 Å². The molecule has 0 aliphatic heterocycles. The molecular weight excluding hydrogens is 328 g/mol. The lowest BCUT2D eigenvalue weighted by atomic mass is 9.77. The average Bonchev–Trinajstić information content (AvgIpc) is 2.46. The number of rotatable bonds is 4. The summed E-state index contributed by atoms with van der Waals surface area (Å²) in [5, 5.41) is 0. The van der Waals surface area contributed by atoms with Crippen molar-refractivity contribution in [3.8, 4) is 5.75 Å². The zero-order valence-electron chi connectivity index (χ0n) is 11.9. The van der Waals surface area contributed by atoms with Crippen molar-refractivity contribution < 1.29 is 9.53 Å². The third-order valence-electron chi connectivity index (χ3n) is 4.17. The first-order chi connectivity index (χ1) is 10.2. The number of hydrogen-bond donors (Lipinski definition) is 0. The zero-order valence-corrected chi connectivity index (χ0v) is 13.5. The Labute approximate surface area is 133 Å². The molecule has 0 saturated heterocycles. The fraction of sp³-hybridized carbons (Fsp3) is 0.278. The van der Waals surface area contributed by atoms with Crippen molar-refractivity contribution in [2.24, 2.45) is 0 Å². The molecule has 0 N–H and O–H groups in total. The summed E-state index contributed by atoms with van der Waals surface area (Å²) in [5.74, 6) is 1.29. The van der Waals surface area contributed by atoms with Crippen LogP contribution in [-0.2, 0) is 0 Å². The molecule has 1 saturated carbocycles. The van der Waals surface area contributed by atoms with Crippen LogP contribution >= 0.6 is 15.9 Å². The molecule has 2 aromatic carbocycles. The van der Waals surface area contributed by atoms with Crippen LogP contribution in [0.4, 0.5) is 0 Å². The van der Waals surface area contributed by atoms with Gasteiger partial charge in [-0.25, -0.2) is 0 Å². The summed E-state index contributed by atoms with van der Waals surface area (Å²) >= 11 is 3.47. The van der Waals surface area contributed by atoms with Crippen LogP contribution in [0.5, 0.6) is 5.75 Å². The van der Waals surface area contributed by atoms with E-state index >= 15 is 0 Å². The van der Waals surface area contributed by atoms with E-state index in [2.05, 4.69) is 22.0 Å². The summed E-state index contributed by atoms with van der Waals surface area (Å²) in [7, 11) is 1.61. The van der Waals surface area contributed by atoms with Gasteiger partial charge < -0.3 is 4.74 Å². The third-order valence-corrected chi connectivity index (χ3v) is 4.86. The van der Waals surface area contributed by atoms with Crippen molar-refractivity contribution in [1.29, 1.82) is 0 Å². The van der Waals surface area contributed by atoms with Gasteiger partial charge in [-0.2, -0.15) is 0 Å². The van der Waals surface area contributed by atoms with Gasteiger partial charge in [0, 0.05) is 15.6 Å². The van der Waals surface area contributed by atoms with Crippen LogP contribution in [0.1, 0.15) is 46.7 Å². The summed E-state index contributed by atoms with van der Waals surface area (Å²) < 4.78 is 6.04. The Morgan fingerprint density at radius 1 is 1.14 bits per heavy atom. The number of carbonyl (C=O) groups is 1. The minimum atomic E-state index is 0.0586. The molecule has 1 fully saturated rings. The Bertz CT molecular complexity index is 675. The fourth-order valence-electron chi connectivity index (χ4n) is 2.73. The Morgan fingerprint density at radius 3 is 2.57 bits per heavy atom. The van der Waals surface area contributed by atoms with Gasteiger partial charge >= 0.3 is 0 Å². The van der Waals surface area contributed by atoms with E-state index in [-0.39, 0.29) is 5.78 Å². The molecule has 3 heteroatoms. The molecule has 3 rings (SSSR count). The van der Waals surface area contributed by atoms with Gasteiger partial charge in [0.1, 0.15) is 5.75 Å². The minimum absolute atomic E-state index is 0.0586. The Morgan fingerprint density at radius 2 is 1.90 bits per heavy atom. The van der Waals surface area contributed by atoms with E-state index in [9.17, 15) is 4.79 Å². The van der Waals surface area contributed by atoms with Gasteiger partial charge in [-0.15, -0.1) is 0 Å². The lowest BCUT2D eigenvalue weighted by molar-refractivity contribution is 0.103. The second-order valence-electron chi connectivity index (χ2n) is 5.39. The van der Waals surface area contributed by atoms with Crippen molar-refractivity contribution in [3.05, 3.63) is 63.6 Å². The van der Waals surface area contributed by atoms with E-state index in [1.807, 2.05) is 30.3 Å². The second kappa shape index (κ2) is 6.02. The van der Waals surface area contributed by atoms with Crippen LogP contribution in [0.15, 0.2) is 46.9 Å². The van der Waals surface area contributed by atoms with E-state index in [4.69, 9.17) is 4.74 Å². The Kier molecular flexibility index (Phi) is 4.11. The molecule has 0 bridgehead atoms. The lowest BCUT2D eigenvalue weighted by Crippen LogP contribution is -2.14. The monoisotopic (exact) mass is 344 g/mol. The van der Waals surface area contributed by atoms with E-state index in [1.54, 1.807) is 13.2 Å². The molecule has 0 radical (unpaired) electrons. The fourth-order valence-corrected chi connectivity index (χ4v) is 3.16. The van der Waals surface area contributed by atoms with Gasteiger partial charge in [-0.05, 0) is 42.5 Å². The predicted molar refractivity (Wildman–Crippen MR) is 87.2 cm³/mol. The number of carbonyl (C=O) groups excluding carboxylic acids is 1. The second-order valence-corrected chi connectivity index (χ2v) is 6.24. The molecule has 21 heavy (non-hydrogen) atoms. The van der Waals surface area contributed by atoms with Crippen LogP contribution < -0.4 is 4.74 Å².